The Balaban J connectivity index is 1.62. The summed E-state index contributed by atoms with van der Waals surface area (Å²) in [4.78, 5) is 19.7. The highest BCUT2D eigenvalue weighted by atomic mass is 16.5. The smallest absolute Gasteiger partial charge is 0.132 e. The lowest BCUT2D eigenvalue weighted by Crippen LogP contribution is -2.24. The second kappa shape index (κ2) is 8.01. The van der Waals surface area contributed by atoms with Gasteiger partial charge in [-0.25, -0.2) is 9.97 Å². The summed E-state index contributed by atoms with van der Waals surface area (Å²) in [7, 11) is 0. The molecule has 0 radical (unpaired) electrons. The zero-order valence-corrected chi connectivity index (χ0v) is 14.5. The second-order valence-corrected chi connectivity index (χ2v) is 6.44. The average Bonchev–Trinajstić information content (AvgIpc) is 3.24. The van der Waals surface area contributed by atoms with Gasteiger partial charge < -0.3 is 9.64 Å². The van der Waals surface area contributed by atoms with Crippen molar-refractivity contribution >= 4 is 5.82 Å². The summed E-state index contributed by atoms with van der Waals surface area (Å²) in [6.45, 7) is 2.99. The first-order chi connectivity index (χ1) is 12.9. The first kappa shape index (κ1) is 16.6. The van der Waals surface area contributed by atoms with Crippen molar-refractivity contribution in [3.8, 4) is 0 Å². The van der Waals surface area contributed by atoms with E-state index < -0.39 is 0 Å². The van der Waals surface area contributed by atoms with Crippen LogP contribution >= 0.6 is 0 Å². The molecule has 1 aliphatic rings. The van der Waals surface area contributed by atoms with Gasteiger partial charge in [0.15, 0.2) is 0 Å². The third-order valence-electron chi connectivity index (χ3n) is 4.54. The van der Waals surface area contributed by atoms with Gasteiger partial charge in [0, 0.05) is 56.5 Å². The molecule has 1 saturated heterocycles. The van der Waals surface area contributed by atoms with Crippen LogP contribution in [0.15, 0.2) is 61.4 Å². The van der Waals surface area contributed by atoms with Crippen LogP contribution in [0.25, 0.3) is 0 Å². The first-order valence-electron chi connectivity index (χ1n) is 8.81. The molecular weight excluding hydrogens is 326 g/mol. The normalized spacial score (nSPS) is 16.5. The molecule has 0 saturated carbocycles. The lowest BCUT2D eigenvalue weighted by molar-refractivity contribution is 0.193. The quantitative estimate of drug-likeness (QED) is 0.683. The number of hydrogen-bond donors (Lipinski definition) is 0. The summed E-state index contributed by atoms with van der Waals surface area (Å²) in [6.07, 6.45) is 10.0. The van der Waals surface area contributed by atoms with Crippen LogP contribution in [0.5, 0.6) is 0 Å². The second-order valence-electron chi connectivity index (χ2n) is 6.44. The first-order valence-corrected chi connectivity index (χ1v) is 8.81. The fourth-order valence-electron chi connectivity index (χ4n) is 3.17. The molecule has 0 aromatic carbocycles. The van der Waals surface area contributed by atoms with Crippen molar-refractivity contribution in [2.75, 3.05) is 18.1 Å². The molecule has 132 valence electrons. The third-order valence-corrected chi connectivity index (χ3v) is 4.54. The molecule has 1 aliphatic heterocycles. The number of aromatic nitrogens is 4. The lowest BCUT2D eigenvalue weighted by Gasteiger charge is -2.24. The van der Waals surface area contributed by atoms with Crippen molar-refractivity contribution in [1.29, 1.82) is 0 Å². The van der Waals surface area contributed by atoms with Crippen LogP contribution in [0, 0.1) is 0 Å². The summed E-state index contributed by atoms with van der Waals surface area (Å²) >= 11 is 0. The molecule has 6 nitrogen and oxygen atoms in total. The van der Waals surface area contributed by atoms with E-state index in [0.29, 0.717) is 5.92 Å². The van der Waals surface area contributed by atoms with E-state index in [-0.39, 0.29) is 0 Å². The van der Waals surface area contributed by atoms with Crippen LogP contribution in [0.2, 0.25) is 0 Å². The number of nitrogens with zero attached hydrogens (tertiary/aromatic N) is 5. The molecule has 0 spiro atoms. The SMILES string of the molecule is c1cncc(CN(Cc2cccnc2)c2cc(C3CCOC3)ncn2)c1. The zero-order valence-electron chi connectivity index (χ0n) is 14.5. The summed E-state index contributed by atoms with van der Waals surface area (Å²) < 4.78 is 5.51. The van der Waals surface area contributed by atoms with E-state index in [1.165, 1.54) is 0 Å². The molecule has 0 N–H and O–H groups in total. The third kappa shape index (κ3) is 4.03. The monoisotopic (exact) mass is 347 g/mol. The molecule has 1 atom stereocenters. The molecule has 4 rings (SSSR count). The largest absolute Gasteiger partial charge is 0.381 e. The molecule has 1 unspecified atom stereocenters. The van der Waals surface area contributed by atoms with Gasteiger partial charge in [0.1, 0.15) is 12.1 Å². The van der Waals surface area contributed by atoms with Crippen LogP contribution in [-0.2, 0) is 17.8 Å². The van der Waals surface area contributed by atoms with Gasteiger partial charge in [-0.15, -0.1) is 0 Å². The molecule has 4 heterocycles. The number of ether oxygens (including phenoxy) is 1. The van der Waals surface area contributed by atoms with E-state index >= 15 is 0 Å². The zero-order chi connectivity index (χ0) is 17.6. The molecule has 0 aliphatic carbocycles. The minimum atomic E-state index is 0.357. The summed E-state index contributed by atoms with van der Waals surface area (Å²) in [5.41, 5.74) is 3.33. The van der Waals surface area contributed by atoms with Gasteiger partial charge in [0.05, 0.1) is 12.3 Å². The van der Waals surface area contributed by atoms with Gasteiger partial charge in [-0.2, -0.15) is 0 Å². The van der Waals surface area contributed by atoms with Gasteiger partial charge in [0.25, 0.3) is 0 Å². The maximum Gasteiger partial charge on any atom is 0.132 e. The van der Waals surface area contributed by atoms with E-state index in [1.54, 1.807) is 18.7 Å². The molecule has 0 bridgehead atoms. The van der Waals surface area contributed by atoms with Crippen LogP contribution in [0.1, 0.15) is 29.2 Å². The highest BCUT2D eigenvalue weighted by molar-refractivity contribution is 5.41. The van der Waals surface area contributed by atoms with E-state index in [1.807, 2.05) is 24.5 Å². The van der Waals surface area contributed by atoms with E-state index in [4.69, 9.17) is 4.74 Å². The van der Waals surface area contributed by atoms with Crippen LogP contribution < -0.4 is 4.90 Å². The Morgan fingerprint density at radius 3 is 2.31 bits per heavy atom. The maximum atomic E-state index is 5.51. The fraction of sp³-hybridized carbons (Fsp3) is 0.300. The molecule has 6 heteroatoms. The van der Waals surface area contributed by atoms with Crippen molar-refractivity contribution in [3.05, 3.63) is 78.3 Å². The molecule has 0 amide bonds. The molecule has 3 aromatic heterocycles. The van der Waals surface area contributed by atoms with Crippen molar-refractivity contribution in [1.82, 2.24) is 19.9 Å². The van der Waals surface area contributed by atoms with Gasteiger partial charge >= 0.3 is 0 Å². The lowest BCUT2D eigenvalue weighted by atomic mass is 10.0. The number of anilines is 1. The number of hydrogen-bond acceptors (Lipinski definition) is 6. The van der Waals surface area contributed by atoms with Crippen molar-refractivity contribution in [2.45, 2.75) is 25.4 Å². The average molecular weight is 347 g/mol. The Hall–Kier alpha value is -2.86. The molecule has 1 fully saturated rings. The van der Waals surface area contributed by atoms with E-state index in [2.05, 4.69) is 43.0 Å². The van der Waals surface area contributed by atoms with Gasteiger partial charge in [-0.05, 0) is 29.7 Å². The summed E-state index contributed by atoms with van der Waals surface area (Å²) in [5.74, 6) is 1.27. The summed E-state index contributed by atoms with van der Waals surface area (Å²) in [5, 5.41) is 0. The van der Waals surface area contributed by atoms with E-state index in [0.717, 1.165) is 55.4 Å². The van der Waals surface area contributed by atoms with Crippen molar-refractivity contribution < 1.29 is 4.74 Å². The van der Waals surface area contributed by atoms with Crippen molar-refractivity contribution in [3.63, 3.8) is 0 Å². The molecule has 26 heavy (non-hydrogen) atoms. The van der Waals surface area contributed by atoms with Gasteiger partial charge in [-0.1, -0.05) is 12.1 Å². The Morgan fingerprint density at radius 2 is 1.73 bits per heavy atom. The fourth-order valence-corrected chi connectivity index (χ4v) is 3.17. The van der Waals surface area contributed by atoms with E-state index in [9.17, 15) is 0 Å². The Bertz CT molecular complexity index is 780. The minimum Gasteiger partial charge on any atom is -0.381 e. The van der Waals surface area contributed by atoms with Crippen molar-refractivity contribution in [2.24, 2.45) is 0 Å². The Kier molecular flexibility index (Phi) is 5.12. The standard InChI is InChI=1S/C20H21N5O/c1-3-16(10-21-6-1)12-25(13-17-4-2-7-22-11-17)20-9-19(23-15-24-20)18-5-8-26-14-18/h1-4,6-7,9-11,15,18H,5,8,12-14H2. The van der Waals surface area contributed by atoms with Crippen LogP contribution in [-0.4, -0.2) is 33.1 Å². The topological polar surface area (TPSA) is 64.0 Å². The Morgan fingerprint density at radius 1 is 1.00 bits per heavy atom. The number of rotatable bonds is 6. The Labute approximate surface area is 152 Å². The van der Waals surface area contributed by atoms with Crippen LogP contribution in [0.3, 0.4) is 0 Å². The van der Waals surface area contributed by atoms with Gasteiger partial charge in [-0.3, -0.25) is 9.97 Å². The van der Waals surface area contributed by atoms with Gasteiger partial charge in [0.2, 0.25) is 0 Å². The predicted octanol–water partition coefficient (Wildman–Crippen LogP) is 2.98. The van der Waals surface area contributed by atoms with Crippen LogP contribution in [0.4, 0.5) is 5.82 Å². The predicted molar refractivity (Wildman–Crippen MR) is 98.6 cm³/mol. The molecular formula is C20H21N5O. The highest BCUT2D eigenvalue weighted by Gasteiger charge is 2.21. The molecule has 3 aromatic rings. The highest BCUT2D eigenvalue weighted by Crippen LogP contribution is 2.26. The summed E-state index contributed by atoms with van der Waals surface area (Å²) in [6, 6.07) is 10.2. The number of pyridine rings is 2. The minimum absolute atomic E-state index is 0.357. The maximum absolute atomic E-state index is 5.51.